The lowest BCUT2D eigenvalue weighted by molar-refractivity contribution is -0.138. The van der Waals surface area contributed by atoms with E-state index in [2.05, 4.69) is 10.2 Å². The van der Waals surface area contributed by atoms with Crippen LogP contribution in [0.5, 0.6) is 11.5 Å². The van der Waals surface area contributed by atoms with Crippen LogP contribution in [0.2, 0.25) is 0 Å². The van der Waals surface area contributed by atoms with Crippen molar-refractivity contribution in [3.63, 3.8) is 0 Å². The Bertz CT molecular complexity index is 957. The van der Waals surface area contributed by atoms with Gasteiger partial charge in [-0.3, -0.25) is 14.5 Å². The maximum absolute atomic E-state index is 12.9. The monoisotopic (exact) mass is 439 g/mol. The first kappa shape index (κ1) is 22.0. The molecule has 0 aromatic heterocycles. The SMILES string of the molecule is COc1ccc(CCN2C(=O)C[C@@H](Nc3ccc(N4CCOCC4)cc3)C2=O)cc1OC. The standard InChI is InChI=1S/C24H29N3O5/c1-30-21-8-3-17(15-22(21)31-2)9-10-27-23(28)16-20(24(27)29)25-18-4-6-19(7-5-18)26-11-13-32-14-12-26/h3-8,15,20,25H,9-14,16H2,1-2H3/t20-/m1/s1. The second kappa shape index (κ2) is 9.91. The van der Waals surface area contributed by atoms with E-state index in [-0.39, 0.29) is 18.2 Å². The molecule has 2 aliphatic heterocycles. The molecule has 8 heteroatoms. The minimum atomic E-state index is -0.540. The predicted octanol–water partition coefficient (Wildman–Crippen LogP) is 2.32. The van der Waals surface area contributed by atoms with Crippen LogP contribution in [0.4, 0.5) is 11.4 Å². The molecule has 32 heavy (non-hydrogen) atoms. The summed E-state index contributed by atoms with van der Waals surface area (Å²) in [5, 5.41) is 3.22. The third kappa shape index (κ3) is 4.80. The molecule has 0 radical (unpaired) electrons. The lowest BCUT2D eigenvalue weighted by Crippen LogP contribution is -2.36. The van der Waals surface area contributed by atoms with Crippen molar-refractivity contribution in [1.29, 1.82) is 0 Å². The molecule has 2 aliphatic rings. The van der Waals surface area contributed by atoms with E-state index in [4.69, 9.17) is 14.2 Å². The van der Waals surface area contributed by atoms with Crippen LogP contribution in [0.3, 0.4) is 0 Å². The third-order valence-corrected chi connectivity index (χ3v) is 5.90. The molecular weight excluding hydrogens is 410 g/mol. The molecule has 8 nitrogen and oxygen atoms in total. The Morgan fingerprint density at radius 3 is 2.41 bits per heavy atom. The Labute approximate surface area is 188 Å². The zero-order valence-corrected chi connectivity index (χ0v) is 18.5. The predicted molar refractivity (Wildman–Crippen MR) is 121 cm³/mol. The molecule has 2 aromatic rings. The quantitative estimate of drug-likeness (QED) is 0.633. The summed E-state index contributed by atoms with van der Waals surface area (Å²) in [5.41, 5.74) is 2.93. The van der Waals surface area contributed by atoms with Crippen molar-refractivity contribution in [1.82, 2.24) is 4.90 Å². The fourth-order valence-electron chi connectivity index (χ4n) is 4.10. The summed E-state index contributed by atoms with van der Waals surface area (Å²) in [5.74, 6) is 0.934. The van der Waals surface area contributed by atoms with Crippen LogP contribution in [0.15, 0.2) is 42.5 Å². The summed E-state index contributed by atoms with van der Waals surface area (Å²) in [6, 6.07) is 13.0. The zero-order valence-electron chi connectivity index (χ0n) is 18.5. The number of benzene rings is 2. The van der Waals surface area contributed by atoms with Gasteiger partial charge in [0.25, 0.3) is 5.91 Å². The van der Waals surface area contributed by atoms with E-state index < -0.39 is 6.04 Å². The van der Waals surface area contributed by atoms with E-state index in [1.807, 2.05) is 42.5 Å². The van der Waals surface area contributed by atoms with Gasteiger partial charge in [0.05, 0.1) is 33.9 Å². The Hall–Kier alpha value is -3.26. The van der Waals surface area contributed by atoms with Crippen LogP contribution in [-0.4, -0.2) is 69.8 Å². The summed E-state index contributed by atoms with van der Waals surface area (Å²) in [7, 11) is 3.17. The molecule has 4 rings (SSSR count). The fraction of sp³-hybridized carbons (Fsp3) is 0.417. The lowest BCUT2D eigenvalue weighted by atomic mass is 10.1. The normalized spacial score (nSPS) is 18.8. The number of carbonyl (C=O) groups excluding carboxylic acids is 2. The van der Waals surface area contributed by atoms with Gasteiger partial charge in [-0.1, -0.05) is 6.07 Å². The van der Waals surface area contributed by atoms with Gasteiger partial charge in [-0.05, 0) is 48.4 Å². The number of imide groups is 1. The summed E-state index contributed by atoms with van der Waals surface area (Å²) in [6.45, 7) is 3.55. The molecule has 0 bridgehead atoms. The van der Waals surface area contributed by atoms with E-state index in [1.165, 1.54) is 4.90 Å². The Balaban J connectivity index is 1.34. The minimum Gasteiger partial charge on any atom is -0.493 e. The van der Waals surface area contributed by atoms with Gasteiger partial charge in [-0.25, -0.2) is 0 Å². The van der Waals surface area contributed by atoms with Crippen molar-refractivity contribution >= 4 is 23.2 Å². The maximum Gasteiger partial charge on any atom is 0.252 e. The van der Waals surface area contributed by atoms with Crippen molar-refractivity contribution in [3.8, 4) is 11.5 Å². The Morgan fingerprint density at radius 1 is 1.00 bits per heavy atom. The van der Waals surface area contributed by atoms with Gasteiger partial charge in [0, 0.05) is 31.0 Å². The smallest absolute Gasteiger partial charge is 0.252 e. The highest BCUT2D eigenvalue weighted by Crippen LogP contribution is 2.28. The van der Waals surface area contributed by atoms with E-state index in [0.717, 1.165) is 43.2 Å². The summed E-state index contributed by atoms with van der Waals surface area (Å²) in [4.78, 5) is 29.0. The Kier molecular flexibility index (Phi) is 6.80. The molecule has 2 fully saturated rings. The van der Waals surface area contributed by atoms with Gasteiger partial charge in [0.15, 0.2) is 11.5 Å². The topological polar surface area (TPSA) is 80.3 Å². The van der Waals surface area contributed by atoms with Crippen molar-refractivity contribution in [3.05, 3.63) is 48.0 Å². The van der Waals surface area contributed by atoms with Gasteiger partial charge in [-0.2, -0.15) is 0 Å². The highest BCUT2D eigenvalue weighted by Gasteiger charge is 2.38. The summed E-state index contributed by atoms with van der Waals surface area (Å²) < 4.78 is 16.0. The fourth-order valence-corrected chi connectivity index (χ4v) is 4.10. The number of methoxy groups -OCH3 is 2. The van der Waals surface area contributed by atoms with E-state index in [9.17, 15) is 9.59 Å². The molecule has 2 saturated heterocycles. The van der Waals surface area contributed by atoms with Crippen molar-refractivity contribution in [2.45, 2.75) is 18.9 Å². The van der Waals surface area contributed by atoms with Crippen LogP contribution in [0.25, 0.3) is 0 Å². The van der Waals surface area contributed by atoms with Crippen molar-refractivity contribution in [2.75, 3.05) is 57.3 Å². The minimum absolute atomic E-state index is 0.155. The first-order valence-corrected chi connectivity index (χ1v) is 10.8. The largest absolute Gasteiger partial charge is 0.493 e. The molecular formula is C24H29N3O5. The van der Waals surface area contributed by atoms with Gasteiger partial charge in [-0.15, -0.1) is 0 Å². The molecule has 0 aliphatic carbocycles. The highest BCUT2D eigenvalue weighted by molar-refractivity contribution is 6.06. The molecule has 0 spiro atoms. The van der Waals surface area contributed by atoms with Gasteiger partial charge in [0.1, 0.15) is 6.04 Å². The molecule has 1 N–H and O–H groups in total. The number of morpholine rings is 1. The number of nitrogens with zero attached hydrogens (tertiary/aromatic N) is 2. The van der Waals surface area contributed by atoms with E-state index in [1.54, 1.807) is 14.2 Å². The molecule has 2 amide bonds. The average molecular weight is 440 g/mol. The highest BCUT2D eigenvalue weighted by atomic mass is 16.5. The van der Waals surface area contributed by atoms with Gasteiger partial charge in [0.2, 0.25) is 5.91 Å². The average Bonchev–Trinajstić information content (AvgIpc) is 3.10. The molecule has 1 atom stereocenters. The molecule has 170 valence electrons. The maximum atomic E-state index is 12.9. The number of hydrogen-bond acceptors (Lipinski definition) is 7. The summed E-state index contributed by atoms with van der Waals surface area (Å²) >= 11 is 0. The van der Waals surface area contributed by atoms with Gasteiger partial charge < -0.3 is 24.4 Å². The van der Waals surface area contributed by atoms with Crippen LogP contribution in [0, 0.1) is 0 Å². The lowest BCUT2D eigenvalue weighted by Gasteiger charge is -2.29. The third-order valence-electron chi connectivity index (χ3n) is 5.90. The molecule has 2 aromatic carbocycles. The first-order chi connectivity index (χ1) is 15.6. The van der Waals surface area contributed by atoms with Crippen LogP contribution in [0.1, 0.15) is 12.0 Å². The van der Waals surface area contributed by atoms with Crippen molar-refractivity contribution < 1.29 is 23.8 Å². The number of likely N-dealkylation sites (tertiary alicyclic amines) is 1. The second-order valence-electron chi connectivity index (χ2n) is 7.87. The Morgan fingerprint density at radius 2 is 1.72 bits per heavy atom. The number of rotatable bonds is 8. The van der Waals surface area contributed by atoms with Crippen LogP contribution in [-0.2, 0) is 20.7 Å². The molecule has 0 unspecified atom stereocenters. The number of ether oxygens (including phenoxy) is 3. The van der Waals surface area contributed by atoms with Crippen LogP contribution >= 0.6 is 0 Å². The number of anilines is 2. The molecule has 2 heterocycles. The van der Waals surface area contributed by atoms with Crippen LogP contribution < -0.4 is 19.7 Å². The second-order valence-corrected chi connectivity index (χ2v) is 7.87. The van der Waals surface area contributed by atoms with Gasteiger partial charge >= 0.3 is 0 Å². The number of nitrogens with one attached hydrogen (secondary N) is 1. The van der Waals surface area contributed by atoms with E-state index in [0.29, 0.717) is 24.5 Å². The summed E-state index contributed by atoms with van der Waals surface area (Å²) in [6.07, 6.45) is 0.717. The van der Waals surface area contributed by atoms with Crippen molar-refractivity contribution in [2.24, 2.45) is 0 Å². The van der Waals surface area contributed by atoms with E-state index >= 15 is 0 Å². The number of hydrogen-bond donors (Lipinski definition) is 1. The zero-order chi connectivity index (χ0) is 22.5. The first-order valence-electron chi connectivity index (χ1n) is 10.8. The number of carbonyl (C=O) groups is 2. The molecule has 0 saturated carbocycles. The number of amides is 2.